The molecule has 1 unspecified atom stereocenters. The van der Waals surface area contributed by atoms with E-state index in [1.54, 1.807) is 12.1 Å². The molecule has 0 aliphatic heterocycles. The molecule has 0 aromatic heterocycles. The Morgan fingerprint density at radius 3 is 2.33 bits per heavy atom. The first-order valence-corrected chi connectivity index (χ1v) is 4.08. The molecular formula is C10H13FO. The molecule has 1 N–H and O–H groups in total. The molecule has 0 radical (unpaired) electrons. The first kappa shape index (κ1) is 9.20. The number of hydrogen-bond acceptors (Lipinski definition) is 1. The fourth-order valence-electron chi connectivity index (χ4n) is 1.08. The molecule has 0 aliphatic carbocycles. The SMILES string of the molecule is CC(F)c1ccc(CCO)cc1. The van der Waals surface area contributed by atoms with Crippen molar-refractivity contribution >= 4 is 0 Å². The van der Waals surface area contributed by atoms with Crippen molar-refractivity contribution in [1.82, 2.24) is 0 Å². The third-order valence-electron chi connectivity index (χ3n) is 1.84. The van der Waals surface area contributed by atoms with Gasteiger partial charge in [-0.1, -0.05) is 24.3 Å². The van der Waals surface area contributed by atoms with Gasteiger partial charge in [0.15, 0.2) is 0 Å². The van der Waals surface area contributed by atoms with Crippen LogP contribution in [0.4, 0.5) is 4.39 Å². The van der Waals surface area contributed by atoms with Crippen molar-refractivity contribution in [1.29, 1.82) is 0 Å². The molecule has 0 saturated heterocycles. The first-order valence-electron chi connectivity index (χ1n) is 4.08. The number of halogens is 1. The third-order valence-corrected chi connectivity index (χ3v) is 1.84. The smallest absolute Gasteiger partial charge is 0.122 e. The molecule has 0 heterocycles. The van der Waals surface area contributed by atoms with E-state index in [2.05, 4.69) is 0 Å². The number of aliphatic hydroxyl groups excluding tert-OH is 1. The summed E-state index contributed by atoms with van der Waals surface area (Å²) in [6, 6.07) is 7.22. The fourth-order valence-corrected chi connectivity index (χ4v) is 1.08. The first-order chi connectivity index (χ1) is 5.74. The van der Waals surface area contributed by atoms with Crippen LogP contribution in [0, 0.1) is 0 Å². The Kier molecular flexibility index (Phi) is 3.23. The molecule has 0 amide bonds. The van der Waals surface area contributed by atoms with E-state index in [4.69, 9.17) is 5.11 Å². The summed E-state index contributed by atoms with van der Waals surface area (Å²) in [5.74, 6) is 0. The van der Waals surface area contributed by atoms with E-state index in [0.717, 1.165) is 5.56 Å². The number of benzene rings is 1. The standard InChI is InChI=1S/C10H13FO/c1-8(11)10-4-2-9(3-5-10)6-7-12/h2-5,8,12H,6-7H2,1H3. The van der Waals surface area contributed by atoms with E-state index in [-0.39, 0.29) is 6.61 Å². The van der Waals surface area contributed by atoms with E-state index in [1.807, 2.05) is 12.1 Å². The maximum Gasteiger partial charge on any atom is 0.122 e. The van der Waals surface area contributed by atoms with Gasteiger partial charge in [0.1, 0.15) is 6.17 Å². The lowest BCUT2D eigenvalue weighted by Gasteiger charge is -2.03. The second kappa shape index (κ2) is 4.21. The van der Waals surface area contributed by atoms with Gasteiger partial charge in [0.25, 0.3) is 0 Å². The van der Waals surface area contributed by atoms with Crippen LogP contribution in [0.15, 0.2) is 24.3 Å². The summed E-state index contributed by atoms with van der Waals surface area (Å²) >= 11 is 0. The largest absolute Gasteiger partial charge is 0.396 e. The summed E-state index contributed by atoms with van der Waals surface area (Å²) in [6.45, 7) is 1.66. The summed E-state index contributed by atoms with van der Waals surface area (Å²) in [4.78, 5) is 0. The van der Waals surface area contributed by atoms with Gasteiger partial charge < -0.3 is 5.11 Å². The van der Waals surface area contributed by atoms with Crippen molar-refractivity contribution in [2.24, 2.45) is 0 Å². The van der Waals surface area contributed by atoms with Crippen molar-refractivity contribution < 1.29 is 9.50 Å². The van der Waals surface area contributed by atoms with E-state index in [1.165, 1.54) is 6.92 Å². The van der Waals surface area contributed by atoms with Crippen LogP contribution in [0.25, 0.3) is 0 Å². The van der Waals surface area contributed by atoms with Crippen LogP contribution in [0.1, 0.15) is 24.2 Å². The normalized spacial score (nSPS) is 12.9. The second-order valence-electron chi connectivity index (χ2n) is 2.83. The molecule has 0 fully saturated rings. The van der Waals surface area contributed by atoms with Crippen molar-refractivity contribution in [3.63, 3.8) is 0 Å². The van der Waals surface area contributed by atoms with Crippen LogP contribution >= 0.6 is 0 Å². The van der Waals surface area contributed by atoms with Gasteiger partial charge in [-0.3, -0.25) is 0 Å². The maximum atomic E-state index is 12.7. The van der Waals surface area contributed by atoms with Gasteiger partial charge in [0, 0.05) is 6.61 Å². The summed E-state index contributed by atoms with van der Waals surface area (Å²) in [7, 11) is 0. The molecule has 1 aromatic rings. The highest BCUT2D eigenvalue weighted by molar-refractivity contribution is 5.23. The molecule has 0 saturated carbocycles. The monoisotopic (exact) mass is 168 g/mol. The topological polar surface area (TPSA) is 20.2 Å². The van der Waals surface area contributed by atoms with Crippen LogP contribution in [0.2, 0.25) is 0 Å². The van der Waals surface area contributed by atoms with Gasteiger partial charge >= 0.3 is 0 Å². The van der Waals surface area contributed by atoms with Gasteiger partial charge in [-0.2, -0.15) is 0 Å². The highest BCUT2D eigenvalue weighted by atomic mass is 19.1. The van der Waals surface area contributed by atoms with Crippen LogP contribution in [-0.2, 0) is 6.42 Å². The minimum Gasteiger partial charge on any atom is -0.396 e. The Morgan fingerprint density at radius 1 is 1.33 bits per heavy atom. The van der Waals surface area contributed by atoms with E-state index in [9.17, 15) is 4.39 Å². The lowest BCUT2D eigenvalue weighted by Crippen LogP contribution is -1.91. The molecule has 66 valence electrons. The highest BCUT2D eigenvalue weighted by Crippen LogP contribution is 2.16. The second-order valence-corrected chi connectivity index (χ2v) is 2.83. The molecule has 0 aliphatic rings. The molecular weight excluding hydrogens is 155 g/mol. The average molecular weight is 168 g/mol. The summed E-state index contributed by atoms with van der Waals surface area (Å²) in [5, 5.41) is 8.62. The van der Waals surface area contributed by atoms with Gasteiger partial charge in [-0.15, -0.1) is 0 Å². The van der Waals surface area contributed by atoms with E-state index in [0.29, 0.717) is 12.0 Å². The van der Waals surface area contributed by atoms with Crippen molar-refractivity contribution in [2.45, 2.75) is 19.5 Å². The Labute approximate surface area is 71.9 Å². The van der Waals surface area contributed by atoms with Crippen LogP contribution in [0.3, 0.4) is 0 Å². The lowest BCUT2D eigenvalue weighted by molar-refractivity contribution is 0.299. The van der Waals surface area contributed by atoms with Crippen LogP contribution in [-0.4, -0.2) is 11.7 Å². The zero-order valence-electron chi connectivity index (χ0n) is 7.13. The Bertz CT molecular complexity index is 228. The molecule has 0 bridgehead atoms. The van der Waals surface area contributed by atoms with Gasteiger partial charge in [-0.05, 0) is 24.5 Å². The Morgan fingerprint density at radius 2 is 1.92 bits per heavy atom. The molecule has 1 nitrogen and oxygen atoms in total. The van der Waals surface area contributed by atoms with Crippen molar-refractivity contribution in [2.75, 3.05) is 6.61 Å². The number of alkyl halides is 1. The summed E-state index contributed by atoms with van der Waals surface area (Å²) in [5.41, 5.74) is 1.73. The predicted molar refractivity (Wildman–Crippen MR) is 46.8 cm³/mol. The quantitative estimate of drug-likeness (QED) is 0.734. The third kappa shape index (κ3) is 2.31. The summed E-state index contributed by atoms with van der Waals surface area (Å²) in [6.07, 6.45) is -0.269. The fraction of sp³-hybridized carbons (Fsp3) is 0.400. The minimum atomic E-state index is -0.909. The zero-order valence-corrected chi connectivity index (χ0v) is 7.13. The molecule has 1 aromatic carbocycles. The molecule has 1 atom stereocenters. The number of hydrogen-bond donors (Lipinski definition) is 1. The lowest BCUT2D eigenvalue weighted by atomic mass is 10.1. The van der Waals surface area contributed by atoms with E-state index < -0.39 is 6.17 Å². The Hall–Kier alpha value is -0.890. The average Bonchev–Trinajstić information content (AvgIpc) is 2.06. The van der Waals surface area contributed by atoms with Crippen LogP contribution < -0.4 is 0 Å². The minimum absolute atomic E-state index is 0.143. The number of rotatable bonds is 3. The van der Waals surface area contributed by atoms with Gasteiger partial charge in [-0.25, -0.2) is 4.39 Å². The summed E-state index contributed by atoms with van der Waals surface area (Å²) < 4.78 is 12.7. The van der Waals surface area contributed by atoms with Gasteiger partial charge in [0.05, 0.1) is 0 Å². The maximum absolute atomic E-state index is 12.7. The molecule has 2 heteroatoms. The van der Waals surface area contributed by atoms with Crippen LogP contribution in [0.5, 0.6) is 0 Å². The van der Waals surface area contributed by atoms with Gasteiger partial charge in [0.2, 0.25) is 0 Å². The zero-order chi connectivity index (χ0) is 8.97. The number of aliphatic hydroxyl groups is 1. The molecule has 0 spiro atoms. The molecule has 1 rings (SSSR count). The predicted octanol–water partition coefficient (Wildman–Crippen LogP) is 2.25. The molecule has 12 heavy (non-hydrogen) atoms. The Balaban J connectivity index is 2.71. The van der Waals surface area contributed by atoms with Crippen molar-refractivity contribution in [3.05, 3.63) is 35.4 Å². The van der Waals surface area contributed by atoms with Crippen molar-refractivity contribution in [3.8, 4) is 0 Å². The van der Waals surface area contributed by atoms with E-state index >= 15 is 0 Å². The highest BCUT2D eigenvalue weighted by Gasteiger charge is 2.01.